The maximum atomic E-state index is 12.4. The summed E-state index contributed by atoms with van der Waals surface area (Å²) in [4.78, 5) is 21.0. The van der Waals surface area contributed by atoms with Gasteiger partial charge >= 0.3 is 0 Å². The predicted molar refractivity (Wildman–Crippen MR) is 101 cm³/mol. The zero-order valence-corrected chi connectivity index (χ0v) is 14.6. The molecule has 0 saturated heterocycles. The summed E-state index contributed by atoms with van der Waals surface area (Å²) in [5, 5.41) is 2.93. The van der Waals surface area contributed by atoms with Gasteiger partial charge in [0.2, 0.25) is 11.8 Å². The Hall–Kier alpha value is -3.67. The van der Waals surface area contributed by atoms with Gasteiger partial charge in [-0.3, -0.25) is 4.79 Å². The number of amides is 1. The van der Waals surface area contributed by atoms with E-state index in [9.17, 15) is 4.79 Å². The standard InChI is InChI=1S/C21H18N4O2/c26-20(13-17-15-23-19-10-4-5-12-25(17)19)24-14-16-7-6-11-22-21(16)27-18-8-2-1-3-9-18/h1-12,15H,13-14H2,(H,24,26). The molecule has 0 fully saturated rings. The molecule has 0 aliphatic carbocycles. The van der Waals surface area contributed by atoms with E-state index in [4.69, 9.17) is 4.74 Å². The minimum atomic E-state index is -0.0878. The largest absolute Gasteiger partial charge is 0.439 e. The first-order valence-corrected chi connectivity index (χ1v) is 8.64. The highest BCUT2D eigenvalue weighted by Crippen LogP contribution is 2.22. The molecule has 1 N–H and O–H groups in total. The van der Waals surface area contributed by atoms with Gasteiger partial charge < -0.3 is 14.5 Å². The molecular weight excluding hydrogens is 340 g/mol. The van der Waals surface area contributed by atoms with Gasteiger partial charge in [-0.25, -0.2) is 9.97 Å². The normalized spacial score (nSPS) is 10.7. The van der Waals surface area contributed by atoms with Crippen molar-refractivity contribution in [3.8, 4) is 11.6 Å². The number of hydrogen-bond acceptors (Lipinski definition) is 4. The third-order valence-corrected chi connectivity index (χ3v) is 4.12. The van der Waals surface area contributed by atoms with Crippen molar-refractivity contribution in [2.75, 3.05) is 0 Å². The Morgan fingerprint density at radius 1 is 1.00 bits per heavy atom. The molecule has 1 amide bonds. The Morgan fingerprint density at radius 3 is 2.74 bits per heavy atom. The molecule has 0 radical (unpaired) electrons. The lowest BCUT2D eigenvalue weighted by molar-refractivity contribution is -0.120. The number of rotatable bonds is 6. The van der Waals surface area contributed by atoms with Crippen molar-refractivity contribution in [1.29, 1.82) is 0 Å². The van der Waals surface area contributed by atoms with Crippen LogP contribution in [0.1, 0.15) is 11.3 Å². The van der Waals surface area contributed by atoms with Gasteiger partial charge in [0.15, 0.2) is 0 Å². The second kappa shape index (κ2) is 7.70. The van der Waals surface area contributed by atoms with E-state index < -0.39 is 0 Å². The smallest absolute Gasteiger partial charge is 0.226 e. The number of ether oxygens (including phenoxy) is 1. The van der Waals surface area contributed by atoms with Crippen molar-refractivity contribution in [2.45, 2.75) is 13.0 Å². The van der Waals surface area contributed by atoms with E-state index in [2.05, 4.69) is 15.3 Å². The Kier molecular flexibility index (Phi) is 4.78. The minimum Gasteiger partial charge on any atom is -0.439 e. The number of imidazole rings is 1. The lowest BCUT2D eigenvalue weighted by Gasteiger charge is -2.11. The van der Waals surface area contributed by atoms with Gasteiger partial charge in [-0.1, -0.05) is 30.3 Å². The summed E-state index contributed by atoms with van der Waals surface area (Å²) in [5.74, 6) is 1.10. The van der Waals surface area contributed by atoms with E-state index in [0.717, 1.165) is 16.9 Å². The molecule has 134 valence electrons. The number of aromatic nitrogens is 3. The van der Waals surface area contributed by atoms with E-state index in [-0.39, 0.29) is 12.3 Å². The summed E-state index contributed by atoms with van der Waals surface area (Å²) >= 11 is 0. The zero-order chi connectivity index (χ0) is 18.5. The molecule has 0 unspecified atom stereocenters. The number of carbonyl (C=O) groups is 1. The minimum absolute atomic E-state index is 0.0878. The van der Waals surface area contributed by atoms with E-state index in [1.54, 1.807) is 12.4 Å². The van der Waals surface area contributed by atoms with Crippen LogP contribution in [0.4, 0.5) is 0 Å². The van der Waals surface area contributed by atoms with E-state index in [1.807, 2.05) is 71.3 Å². The van der Waals surface area contributed by atoms with E-state index in [1.165, 1.54) is 0 Å². The molecule has 6 heteroatoms. The summed E-state index contributed by atoms with van der Waals surface area (Å²) in [6.07, 6.45) is 5.54. The van der Waals surface area contributed by atoms with Crippen LogP contribution in [0, 0.1) is 0 Å². The summed E-state index contributed by atoms with van der Waals surface area (Å²) in [6, 6.07) is 18.9. The summed E-state index contributed by atoms with van der Waals surface area (Å²) in [5.41, 5.74) is 2.48. The SMILES string of the molecule is O=C(Cc1cnc2ccccn12)NCc1cccnc1Oc1ccccc1. The summed E-state index contributed by atoms with van der Waals surface area (Å²) in [6.45, 7) is 0.339. The van der Waals surface area contributed by atoms with Crippen LogP contribution < -0.4 is 10.1 Å². The molecular formula is C21H18N4O2. The first-order chi connectivity index (χ1) is 13.3. The quantitative estimate of drug-likeness (QED) is 0.574. The number of pyridine rings is 2. The molecule has 1 aromatic carbocycles. The van der Waals surface area contributed by atoms with Crippen molar-refractivity contribution in [3.05, 3.63) is 90.5 Å². The molecule has 3 heterocycles. The molecule has 27 heavy (non-hydrogen) atoms. The highest BCUT2D eigenvalue weighted by molar-refractivity contribution is 5.78. The fourth-order valence-electron chi connectivity index (χ4n) is 2.79. The number of fused-ring (bicyclic) bond motifs is 1. The van der Waals surface area contributed by atoms with Gasteiger partial charge in [-0.2, -0.15) is 0 Å². The molecule has 4 aromatic rings. The van der Waals surface area contributed by atoms with Gasteiger partial charge in [0.05, 0.1) is 12.1 Å². The van der Waals surface area contributed by atoms with Crippen LogP contribution in [0.15, 0.2) is 79.3 Å². The van der Waals surface area contributed by atoms with Crippen molar-refractivity contribution in [2.24, 2.45) is 0 Å². The Morgan fingerprint density at radius 2 is 1.85 bits per heavy atom. The number of carbonyl (C=O) groups excluding carboxylic acids is 1. The van der Waals surface area contributed by atoms with Crippen molar-refractivity contribution < 1.29 is 9.53 Å². The highest BCUT2D eigenvalue weighted by Gasteiger charge is 2.11. The van der Waals surface area contributed by atoms with Crippen molar-refractivity contribution in [1.82, 2.24) is 19.7 Å². The molecule has 0 bridgehead atoms. The van der Waals surface area contributed by atoms with Crippen LogP contribution in [0.3, 0.4) is 0 Å². The number of para-hydroxylation sites is 1. The zero-order valence-electron chi connectivity index (χ0n) is 14.6. The molecule has 6 nitrogen and oxygen atoms in total. The average molecular weight is 358 g/mol. The van der Waals surface area contributed by atoms with E-state index >= 15 is 0 Å². The molecule has 3 aromatic heterocycles. The van der Waals surface area contributed by atoms with Crippen molar-refractivity contribution >= 4 is 11.6 Å². The second-order valence-electron chi connectivity index (χ2n) is 6.01. The van der Waals surface area contributed by atoms with E-state index in [0.29, 0.717) is 18.2 Å². The monoisotopic (exact) mass is 358 g/mol. The fraction of sp³-hybridized carbons (Fsp3) is 0.0952. The lowest BCUT2D eigenvalue weighted by atomic mass is 10.2. The second-order valence-corrected chi connectivity index (χ2v) is 6.01. The molecule has 0 spiro atoms. The number of nitrogens with zero attached hydrogens (tertiary/aromatic N) is 3. The summed E-state index contributed by atoms with van der Waals surface area (Å²) < 4.78 is 7.74. The Balaban J connectivity index is 1.42. The van der Waals surface area contributed by atoms with Crippen LogP contribution in [-0.4, -0.2) is 20.3 Å². The Labute approximate surface area is 156 Å². The van der Waals surface area contributed by atoms with Crippen LogP contribution in [0.5, 0.6) is 11.6 Å². The van der Waals surface area contributed by atoms with Gasteiger partial charge in [0.25, 0.3) is 0 Å². The Bertz CT molecular complexity index is 1060. The average Bonchev–Trinajstić information content (AvgIpc) is 3.11. The topological polar surface area (TPSA) is 68.5 Å². The number of benzene rings is 1. The number of nitrogens with one attached hydrogen (secondary N) is 1. The predicted octanol–water partition coefficient (Wildman–Crippen LogP) is 3.38. The highest BCUT2D eigenvalue weighted by atomic mass is 16.5. The number of hydrogen-bond donors (Lipinski definition) is 1. The molecule has 4 rings (SSSR count). The molecule has 0 aliphatic rings. The lowest BCUT2D eigenvalue weighted by Crippen LogP contribution is -2.25. The van der Waals surface area contributed by atoms with Gasteiger partial charge in [-0.15, -0.1) is 0 Å². The van der Waals surface area contributed by atoms with Gasteiger partial charge in [0.1, 0.15) is 11.4 Å². The first-order valence-electron chi connectivity index (χ1n) is 8.64. The van der Waals surface area contributed by atoms with Crippen LogP contribution in [-0.2, 0) is 17.8 Å². The summed E-state index contributed by atoms with van der Waals surface area (Å²) in [7, 11) is 0. The molecule has 0 atom stereocenters. The molecule has 0 saturated carbocycles. The van der Waals surface area contributed by atoms with Crippen LogP contribution in [0.2, 0.25) is 0 Å². The fourth-order valence-corrected chi connectivity index (χ4v) is 2.79. The maximum absolute atomic E-state index is 12.4. The van der Waals surface area contributed by atoms with Gasteiger partial charge in [0, 0.05) is 30.7 Å². The third kappa shape index (κ3) is 3.95. The first kappa shape index (κ1) is 16.8. The third-order valence-electron chi connectivity index (χ3n) is 4.12. The maximum Gasteiger partial charge on any atom is 0.226 e. The molecule has 0 aliphatic heterocycles. The van der Waals surface area contributed by atoms with Crippen LogP contribution >= 0.6 is 0 Å². The van der Waals surface area contributed by atoms with Crippen molar-refractivity contribution in [3.63, 3.8) is 0 Å². The van der Waals surface area contributed by atoms with Gasteiger partial charge in [-0.05, 0) is 30.3 Å². The van der Waals surface area contributed by atoms with Crippen LogP contribution in [0.25, 0.3) is 5.65 Å².